The fourth-order valence-electron chi connectivity index (χ4n) is 4.04. The SMILES string of the molecule is CN1CCC(O)(c2cccc(-c3nc(-c4ccnc(Nc5cn(C)nc5OCC(F)F)n4)cs3)c2)C1=O. The van der Waals surface area contributed by atoms with Crippen molar-refractivity contribution in [2.24, 2.45) is 7.05 Å². The van der Waals surface area contributed by atoms with Gasteiger partial charge in [-0.3, -0.25) is 9.48 Å². The zero-order valence-electron chi connectivity index (χ0n) is 19.9. The Bertz CT molecular complexity index is 1440. The van der Waals surface area contributed by atoms with Crippen molar-refractivity contribution in [3.05, 3.63) is 53.7 Å². The first-order valence-corrected chi connectivity index (χ1v) is 12.2. The Morgan fingerprint density at radius 2 is 2.08 bits per heavy atom. The molecule has 1 atom stereocenters. The number of hydrogen-bond donors (Lipinski definition) is 2. The molecular formula is C24H23F2N7O3S. The normalized spacial score (nSPS) is 17.6. The third kappa shape index (κ3) is 5.00. The van der Waals surface area contributed by atoms with E-state index in [4.69, 9.17) is 9.72 Å². The van der Waals surface area contributed by atoms with Crippen LogP contribution in [-0.2, 0) is 17.4 Å². The molecule has 1 aromatic carbocycles. The van der Waals surface area contributed by atoms with Crippen molar-refractivity contribution in [2.45, 2.75) is 18.4 Å². The molecular weight excluding hydrogens is 504 g/mol. The second-order valence-corrected chi connectivity index (χ2v) is 9.43. The summed E-state index contributed by atoms with van der Waals surface area (Å²) in [5, 5.41) is 20.5. The average Bonchev–Trinajstić information content (AvgIpc) is 3.58. The van der Waals surface area contributed by atoms with Crippen LogP contribution in [0.2, 0.25) is 0 Å². The third-order valence-corrected chi connectivity index (χ3v) is 6.80. The molecule has 3 aromatic heterocycles. The predicted octanol–water partition coefficient (Wildman–Crippen LogP) is 3.44. The van der Waals surface area contributed by atoms with Gasteiger partial charge in [0.1, 0.15) is 16.4 Å². The number of rotatable bonds is 8. The van der Waals surface area contributed by atoms with E-state index in [2.05, 4.69) is 20.4 Å². The summed E-state index contributed by atoms with van der Waals surface area (Å²) >= 11 is 1.40. The van der Waals surface area contributed by atoms with Crippen molar-refractivity contribution < 1.29 is 23.4 Å². The minimum atomic E-state index is -2.63. The molecule has 0 aliphatic carbocycles. The average molecular weight is 528 g/mol. The van der Waals surface area contributed by atoms with E-state index in [1.807, 2.05) is 11.4 Å². The van der Waals surface area contributed by atoms with Crippen LogP contribution in [0.25, 0.3) is 22.0 Å². The summed E-state index contributed by atoms with van der Waals surface area (Å²) < 4.78 is 31.6. The van der Waals surface area contributed by atoms with Gasteiger partial charge in [-0.2, -0.15) is 0 Å². The number of anilines is 2. The van der Waals surface area contributed by atoms with E-state index in [1.165, 1.54) is 20.9 Å². The lowest BCUT2D eigenvalue weighted by molar-refractivity contribution is -0.143. The van der Waals surface area contributed by atoms with Gasteiger partial charge >= 0.3 is 0 Å². The molecule has 10 nitrogen and oxygen atoms in total. The molecule has 37 heavy (non-hydrogen) atoms. The van der Waals surface area contributed by atoms with Crippen molar-refractivity contribution in [1.82, 2.24) is 29.6 Å². The van der Waals surface area contributed by atoms with Crippen LogP contribution in [0.1, 0.15) is 12.0 Å². The van der Waals surface area contributed by atoms with Crippen LogP contribution in [0.15, 0.2) is 48.1 Å². The van der Waals surface area contributed by atoms with Crippen LogP contribution in [0, 0.1) is 0 Å². The van der Waals surface area contributed by atoms with E-state index in [-0.39, 0.29) is 17.7 Å². The van der Waals surface area contributed by atoms with Gasteiger partial charge in [-0.15, -0.1) is 16.4 Å². The van der Waals surface area contributed by atoms with Gasteiger partial charge in [0, 0.05) is 44.2 Å². The number of aliphatic hydroxyl groups is 1. The highest BCUT2D eigenvalue weighted by Gasteiger charge is 2.45. The topological polar surface area (TPSA) is 118 Å². The van der Waals surface area contributed by atoms with Gasteiger partial charge in [-0.25, -0.2) is 23.7 Å². The molecule has 0 spiro atoms. The van der Waals surface area contributed by atoms with Crippen LogP contribution in [0.4, 0.5) is 20.4 Å². The molecule has 0 saturated carbocycles. The Labute approximate surface area is 214 Å². The summed E-state index contributed by atoms with van der Waals surface area (Å²) in [7, 11) is 3.32. The van der Waals surface area contributed by atoms with E-state index in [1.54, 1.807) is 50.8 Å². The summed E-state index contributed by atoms with van der Waals surface area (Å²) in [4.78, 5) is 27.4. The number of aryl methyl sites for hydroxylation is 1. The first-order valence-electron chi connectivity index (χ1n) is 11.3. The first-order chi connectivity index (χ1) is 17.7. The monoisotopic (exact) mass is 527 g/mol. The quantitative estimate of drug-likeness (QED) is 0.358. The second-order valence-electron chi connectivity index (χ2n) is 8.57. The number of nitrogens with one attached hydrogen (secondary N) is 1. The Balaban J connectivity index is 1.37. The number of amides is 1. The number of nitrogens with zero attached hydrogens (tertiary/aromatic N) is 6. The van der Waals surface area contributed by atoms with Crippen LogP contribution >= 0.6 is 11.3 Å². The second kappa shape index (κ2) is 9.82. The zero-order chi connectivity index (χ0) is 26.2. The van der Waals surface area contributed by atoms with Crippen LogP contribution in [0.5, 0.6) is 5.88 Å². The summed E-state index contributed by atoms with van der Waals surface area (Å²) in [6.45, 7) is -0.290. The first kappa shape index (κ1) is 24.7. The highest BCUT2D eigenvalue weighted by molar-refractivity contribution is 7.13. The molecule has 5 rings (SSSR count). The number of carbonyl (C=O) groups is 1. The number of likely N-dealkylation sites (tertiary alicyclic amines) is 1. The van der Waals surface area contributed by atoms with E-state index < -0.39 is 18.6 Å². The summed E-state index contributed by atoms with van der Waals surface area (Å²) in [5.74, 6) is -0.0851. The van der Waals surface area contributed by atoms with Crippen molar-refractivity contribution >= 4 is 28.9 Å². The standard InChI is InChI=1S/C24H23F2N7O3S/c1-32-9-7-24(35,22(32)34)15-5-3-4-14(10-15)21-28-18(13-37-21)16-6-8-27-23(29-16)30-17-11-33(2)31-20(17)36-12-19(25)26/h3-6,8,10-11,13,19,35H,7,9,12H2,1-2H3,(H,27,29,30). The Hall–Kier alpha value is -3.97. The maximum atomic E-state index is 12.6. The third-order valence-electron chi connectivity index (χ3n) is 5.91. The zero-order valence-corrected chi connectivity index (χ0v) is 20.7. The molecule has 1 amide bonds. The Kier molecular flexibility index (Phi) is 6.56. The van der Waals surface area contributed by atoms with Crippen LogP contribution < -0.4 is 10.1 Å². The number of halogens is 2. The summed E-state index contributed by atoms with van der Waals surface area (Å²) in [6.07, 6.45) is 0.832. The molecule has 4 aromatic rings. The number of ether oxygens (including phenoxy) is 1. The highest BCUT2D eigenvalue weighted by atomic mass is 32.1. The molecule has 2 N–H and O–H groups in total. The lowest BCUT2D eigenvalue weighted by atomic mass is 9.91. The Morgan fingerprint density at radius 3 is 2.84 bits per heavy atom. The maximum Gasteiger partial charge on any atom is 0.272 e. The lowest BCUT2D eigenvalue weighted by Gasteiger charge is -2.21. The fourth-order valence-corrected chi connectivity index (χ4v) is 4.85. The molecule has 0 radical (unpaired) electrons. The van der Waals surface area contributed by atoms with Gasteiger partial charge in [0.25, 0.3) is 18.2 Å². The number of alkyl halides is 2. The molecule has 1 aliphatic rings. The van der Waals surface area contributed by atoms with E-state index in [0.29, 0.717) is 40.6 Å². The number of benzene rings is 1. The Morgan fingerprint density at radius 1 is 1.24 bits per heavy atom. The van der Waals surface area contributed by atoms with Crippen molar-refractivity contribution in [3.63, 3.8) is 0 Å². The number of carbonyl (C=O) groups excluding carboxylic acids is 1. The maximum absolute atomic E-state index is 12.6. The minimum absolute atomic E-state index is 0.0150. The van der Waals surface area contributed by atoms with Crippen LogP contribution in [-0.4, -0.2) is 67.3 Å². The largest absolute Gasteiger partial charge is 0.469 e. The van der Waals surface area contributed by atoms with Crippen molar-refractivity contribution in [1.29, 1.82) is 0 Å². The van der Waals surface area contributed by atoms with Gasteiger partial charge in [-0.05, 0) is 17.7 Å². The van der Waals surface area contributed by atoms with Crippen LogP contribution in [0.3, 0.4) is 0 Å². The number of hydrogen-bond acceptors (Lipinski definition) is 9. The molecule has 1 unspecified atom stereocenters. The fraction of sp³-hybridized carbons (Fsp3) is 0.292. The van der Waals surface area contributed by atoms with Gasteiger partial charge in [0.15, 0.2) is 12.2 Å². The molecule has 1 saturated heterocycles. The lowest BCUT2D eigenvalue weighted by Crippen LogP contribution is -2.36. The van der Waals surface area contributed by atoms with E-state index >= 15 is 0 Å². The minimum Gasteiger partial charge on any atom is -0.469 e. The number of aromatic nitrogens is 5. The summed E-state index contributed by atoms with van der Waals surface area (Å²) in [5.41, 5.74) is 1.26. The van der Waals surface area contributed by atoms with E-state index in [9.17, 15) is 18.7 Å². The van der Waals surface area contributed by atoms with Crippen molar-refractivity contribution in [3.8, 4) is 27.8 Å². The highest BCUT2D eigenvalue weighted by Crippen LogP contribution is 2.36. The molecule has 1 fully saturated rings. The summed E-state index contributed by atoms with van der Waals surface area (Å²) in [6, 6.07) is 8.90. The number of thiazole rings is 1. The molecule has 13 heteroatoms. The molecule has 4 heterocycles. The smallest absolute Gasteiger partial charge is 0.272 e. The van der Waals surface area contributed by atoms with Gasteiger partial charge < -0.3 is 20.1 Å². The van der Waals surface area contributed by atoms with Gasteiger partial charge in [-0.1, -0.05) is 18.2 Å². The molecule has 0 bridgehead atoms. The molecule has 192 valence electrons. The molecule has 1 aliphatic heterocycles. The van der Waals surface area contributed by atoms with Crippen molar-refractivity contribution in [2.75, 3.05) is 25.5 Å². The number of likely N-dealkylation sites (N-methyl/N-ethyl adjacent to an activating group) is 1. The van der Waals surface area contributed by atoms with E-state index in [0.717, 1.165) is 5.56 Å². The predicted molar refractivity (Wildman–Crippen MR) is 133 cm³/mol. The van der Waals surface area contributed by atoms with Gasteiger partial charge in [0.2, 0.25) is 5.95 Å². The van der Waals surface area contributed by atoms with Gasteiger partial charge in [0.05, 0.1) is 11.9 Å².